The smallest absolute Gasteiger partial charge is 0.119 e. The molecule has 2 nitrogen and oxygen atoms in total. The predicted molar refractivity (Wildman–Crippen MR) is 60.8 cm³/mol. The van der Waals surface area contributed by atoms with Crippen LogP contribution in [0.1, 0.15) is 18.4 Å². The normalized spacial score (nSPS) is 16.5. The van der Waals surface area contributed by atoms with Gasteiger partial charge < -0.3 is 9.84 Å². The molecule has 1 fully saturated rings. The third-order valence-electron chi connectivity index (χ3n) is 2.73. The highest BCUT2D eigenvalue weighted by molar-refractivity contribution is 5.56. The molecule has 1 aliphatic carbocycles. The van der Waals surface area contributed by atoms with E-state index in [1.807, 2.05) is 24.3 Å². The Bertz CT molecular complexity index is 365. The molecular weight excluding hydrogens is 188 g/mol. The average molecular weight is 204 g/mol. The van der Waals surface area contributed by atoms with Crippen LogP contribution < -0.4 is 4.74 Å². The molecule has 1 N–H and O–H groups in total. The lowest BCUT2D eigenvalue weighted by molar-refractivity contribution is 0.326. The quantitative estimate of drug-likeness (QED) is 0.816. The lowest BCUT2D eigenvalue weighted by atomic mass is 10.1. The van der Waals surface area contributed by atoms with Gasteiger partial charge in [0.2, 0.25) is 0 Å². The van der Waals surface area contributed by atoms with Gasteiger partial charge in [-0.2, -0.15) is 0 Å². The van der Waals surface area contributed by atoms with Crippen molar-refractivity contribution < 1.29 is 9.84 Å². The van der Waals surface area contributed by atoms with E-state index < -0.39 is 0 Å². The van der Waals surface area contributed by atoms with Gasteiger partial charge in [0.25, 0.3) is 0 Å². The molecule has 0 aliphatic heterocycles. The summed E-state index contributed by atoms with van der Waals surface area (Å²) in [4.78, 5) is 0. The fraction of sp³-hybridized carbons (Fsp3) is 0.385. The molecule has 1 aliphatic rings. The molecule has 0 radical (unpaired) electrons. The maximum absolute atomic E-state index is 9.22. The number of hydrogen-bond donors (Lipinski definition) is 1. The summed E-state index contributed by atoms with van der Waals surface area (Å²) in [6.45, 7) is 0.169. The third kappa shape index (κ3) is 2.60. The minimum atomic E-state index is 0.169. The molecular formula is C13H16O2. The maximum atomic E-state index is 9.22. The van der Waals surface area contributed by atoms with E-state index in [2.05, 4.69) is 6.08 Å². The second-order valence-electron chi connectivity index (χ2n) is 3.93. The molecule has 80 valence electrons. The standard InChI is InChI=1S/C13H16O2/c1-15-13-4-2-3-10(8-13)7-12(9-14)11-5-6-11/h2-4,7-8,11,14H,5-6,9H2,1H3/b12-7+. The van der Waals surface area contributed by atoms with Crippen LogP contribution >= 0.6 is 0 Å². The van der Waals surface area contributed by atoms with Gasteiger partial charge >= 0.3 is 0 Å². The highest BCUT2D eigenvalue weighted by Crippen LogP contribution is 2.37. The van der Waals surface area contributed by atoms with Gasteiger partial charge in [0, 0.05) is 0 Å². The minimum Gasteiger partial charge on any atom is -0.497 e. The number of hydrogen-bond acceptors (Lipinski definition) is 2. The van der Waals surface area contributed by atoms with Crippen molar-refractivity contribution >= 4 is 6.08 Å². The van der Waals surface area contributed by atoms with Crippen molar-refractivity contribution in [2.24, 2.45) is 5.92 Å². The van der Waals surface area contributed by atoms with Gasteiger partial charge in [0.05, 0.1) is 13.7 Å². The van der Waals surface area contributed by atoms with Crippen molar-refractivity contribution in [3.63, 3.8) is 0 Å². The zero-order valence-corrected chi connectivity index (χ0v) is 8.94. The van der Waals surface area contributed by atoms with Gasteiger partial charge in [-0.1, -0.05) is 18.2 Å². The first-order valence-corrected chi connectivity index (χ1v) is 5.29. The fourth-order valence-corrected chi connectivity index (χ4v) is 1.69. The lowest BCUT2D eigenvalue weighted by Gasteiger charge is -2.03. The largest absolute Gasteiger partial charge is 0.497 e. The third-order valence-corrected chi connectivity index (χ3v) is 2.73. The molecule has 0 amide bonds. The van der Waals surface area contributed by atoms with E-state index in [0.29, 0.717) is 5.92 Å². The Labute approximate surface area is 90.2 Å². The molecule has 0 unspecified atom stereocenters. The number of methoxy groups -OCH3 is 1. The first-order valence-electron chi connectivity index (χ1n) is 5.29. The monoisotopic (exact) mass is 204 g/mol. The number of aliphatic hydroxyl groups excluding tert-OH is 1. The SMILES string of the molecule is COc1cccc(/C=C(\CO)C2CC2)c1. The second kappa shape index (κ2) is 4.49. The van der Waals surface area contributed by atoms with Crippen molar-refractivity contribution in [2.45, 2.75) is 12.8 Å². The first-order chi connectivity index (χ1) is 7.33. The molecule has 0 heterocycles. The van der Waals surface area contributed by atoms with Crippen molar-refractivity contribution in [1.29, 1.82) is 0 Å². The van der Waals surface area contributed by atoms with Gasteiger partial charge in [-0.25, -0.2) is 0 Å². The zero-order valence-electron chi connectivity index (χ0n) is 8.94. The second-order valence-corrected chi connectivity index (χ2v) is 3.93. The molecule has 2 rings (SSSR count). The van der Waals surface area contributed by atoms with Gasteiger partial charge in [0.15, 0.2) is 0 Å². The molecule has 1 aromatic rings. The molecule has 0 atom stereocenters. The molecule has 0 spiro atoms. The number of ether oxygens (including phenoxy) is 1. The van der Waals surface area contributed by atoms with Crippen LogP contribution in [0.4, 0.5) is 0 Å². The Hall–Kier alpha value is -1.28. The van der Waals surface area contributed by atoms with Crippen molar-refractivity contribution in [1.82, 2.24) is 0 Å². The molecule has 0 bridgehead atoms. The van der Waals surface area contributed by atoms with Crippen LogP contribution in [0.5, 0.6) is 5.75 Å². The summed E-state index contributed by atoms with van der Waals surface area (Å²) in [5.74, 6) is 1.47. The number of aliphatic hydroxyl groups is 1. The molecule has 1 aromatic carbocycles. The van der Waals surface area contributed by atoms with E-state index in [0.717, 1.165) is 16.9 Å². The summed E-state index contributed by atoms with van der Waals surface area (Å²) in [5, 5.41) is 9.22. The first kappa shape index (κ1) is 10.2. The average Bonchev–Trinajstić information content (AvgIpc) is 3.10. The molecule has 0 saturated heterocycles. The summed E-state index contributed by atoms with van der Waals surface area (Å²) in [7, 11) is 1.66. The molecule has 15 heavy (non-hydrogen) atoms. The van der Waals surface area contributed by atoms with Crippen LogP contribution in [0.2, 0.25) is 0 Å². The van der Waals surface area contributed by atoms with Gasteiger partial charge in [0.1, 0.15) is 5.75 Å². The predicted octanol–water partition coefficient (Wildman–Crippen LogP) is 2.48. The van der Waals surface area contributed by atoms with Crippen LogP contribution in [0.3, 0.4) is 0 Å². The highest BCUT2D eigenvalue weighted by Gasteiger charge is 2.24. The Morgan fingerprint density at radius 3 is 2.93 bits per heavy atom. The Morgan fingerprint density at radius 2 is 2.33 bits per heavy atom. The van der Waals surface area contributed by atoms with Crippen molar-refractivity contribution in [3.8, 4) is 5.75 Å². The Kier molecular flexibility index (Phi) is 3.07. The van der Waals surface area contributed by atoms with E-state index in [-0.39, 0.29) is 6.61 Å². The molecule has 2 heteroatoms. The topological polar surface area (TPSA) is 29.5 Å². The number of rotatable bonds is 4. The van der Waals surface area contributed by atoms with E-state index in [1.165, 1.54) is 12.8 Å². The van der Waals surface area contributed by atoms with E-state index in [1.54, 1.807) is 7.11 Å². The highest BCUT2D eigenvalue weighted by atomic mass is 16.5. The van der Waals surface area contributed by atoms with Crippen LogP contribution in [0.25, 0.3) is 6.08 Å². The van der Waals surface area contributed by atoms with Crippen LogP contribution in [0, 0.1) is 5.92 Å². The summed E-state index contributed by atoms with van der Waals surface area (Å²) in [6, 6.07) is 7.90. The molecule has 1 saturated carbocycles. The summed E-state index contributed by atoms with van der Waals surface area (Å²) in [5.41, 5.74) is 2.24. The maximum Gasteiger partial charge on any atom is 0.119 e. The van der Waals surface area contributed by atoms with Crippen LogP contribution in [-0.2, 0) is 0 Å². The van der Waals surface area contributed by atoms with Crippen LogP contribution in [-0.4, -0.2) is 18.8 Å². The van der Waals surface area contributed by atoms with Crippen molar-refractivity contribution in [2.75, 3.05) is 13.7 Å². The van der Waals surface area contributed by atoms with Crippen LogP contribution in [0.15, 0.2) is 29.8 Å². The van der Waals surface area contributed by atoms with Gasteiger partial charge in [-0.3, -0.25) is 0 Å². The summed E-state index contributed by atoms with van der Waals surface area (Å²) >= 11 is 0. The Morgan fingerprint density at radius 1 is 1.53 bits per heavy atom. The Balaban J connectivity index is 2.20. The lowest BCUT2D eigenvalue weighted by Crippen LogP contribution is -1.92. The van der Waals surface area contributed by atoms with Crippen molar-refractivity contribution in [3.05, 3.63) is 35.4 Å². The molecule has 0 aromatic heterocycles. The fourth-order valence-electron chi connectivity index (χ4n) is 1.69. The summed E-state index contributed by atoms with van der Waals surface area (Å²) < 4.78 is 5.15. The van der Waals surface area contributed by atoms with E-state index in [4.69, 9.17) is 4.74 Å². The van der Waals surface area contributed by atoms with E-state index in [9.17, 15) is 5.11 Å². The number of benzene rings is 1. The van der Waals surface area contributed by atoms with Gasteiger partial charge in [-0.15, -0.1) is 0 Å². The van der Waals surface area contributed by atoms with E-state index >= 15 is 0 Å². The van der Waals surface area contributed by atoms with Gasteiger partial charge in [-0.05, 0) is 42.0 Å². The minimum absolute atomic E-state index is 0.169. The zero-order chi connectivity index (χ0) is 10.7. The summed E-state index contributed by atoms with van der Waals surface area (Å²) in [6.07, 6.45) is 4.51.